The zero-order valence-electron chi connectivity index (χ0n) is 14.5. The first-order valence-electron chi connectivity index (χ1n) is 8.60. The molecular weight excluding hydrogens is 351 g/mol. The van der Waals surface area contributed by atoms with Gasteiger partial charge >= 0.3 is 0 Å². The number of aryl methyl sites for hydroxylation is 1. The van der Waals surface area contributed by atoms with Gasteiger partial charge in [0.25, 0.3) is 11.8 Å². The number of hydrogen-bond donors (Lipinski definition) is 2. The second-order valence-electron chi connectivity index (χ2n) is 6.32. The Bertz CT molecular complexity index is 819. The molecule has 0 spiro atoms. The van der Waals surface area contributed by atoms with Crippen molar-refractivity contribution in [3.05, 3.63) is 65.0 Å². The van der Waals surface area contributed by atoms with Crippen molar-refractivity contribution in [1.29, 1.82) is 0 Å². The molecule has 1 unspecified atom stereocenters. The highest BCUT2D eigenvalue weighted by Gasteiger charge is 2.21. The predicted molar refractivity (Wildman–Crippen MR) is 103 cm³/mol. The van der Waals surface area contributed by atoms with Crippen LogP contribution in [0.25, 0.3) is 0 Å². The van der Waals surface area contributed by atoms with Gasteiger partial charge in [-0.1, -0.05) is 24.3 Å². The second kappa shape index (κ2) is 8.36. The van der Waals surface area contributed by atoms with Crippen LogP contribution >= 0.6 is 11.8 Å². The normalized spacial score (nSPS) is 16.8. The van der Waals surface area contributed by atoms with Gasteiger partial charge in [-0.25, -0.2) is 4.39 Å². The zero-order valence-corrected chi connectivity index (χ0v) is 15.4. The third-order valence-corrected chi connectivity index (χ3v) is 5.59. The van der Waals surface area contributed by atoms with Crippen LogP contribution in [0.2, 0.25) is 0 Å². The van der Waals surface area contributed by atoms with Crippen molar-refractivity contribution in [2.45, 2.75) is 25.8 Å². The van der Waals surface area contributed by atoms with E-state index < -0.39 is 11.7 Å². The number of rotatable bonds is 4. The highest BCUT2D eigenvalue weighted by Crippen LogP contribution is 2.23. The summed E-state index contributed by atoms with van der Waals surface area (Å²) in [4.78, 5) is 25.2. The summed E-state index contributed by atoms with van der Waals surface area (Å²) in [5.41, 5.74) is 1.51. The van der Waals surface area contributed by atoms with Gasteiger partial charge < -0.3 is 10.6 Å². The number of carbonyl (C=O) groups excluding carboxylic acids is 2. The monoisotopic (exact) mass is 372 g/mol. The van der Waals surface area contributed by atoms with E-state index in [-0.39, 0.29) is 17.5 Å². The van der Waals surface area contributed by atoms with Crippen molar-refractivity contribution in [1.82, 2.24) is 5.32 Å². The van der Waals surface area contributed by atoms with Crippen molar-refractivity contribution in [2.24, 2.45) is 0 Å². The molecule has 2 aromatic carbocycles. The number of halogens is 1. The molecule has 0 radical (unpaired) electrons. The number of hydrogen-bond acceptors (Lipinski definition) is 3. The van der Waals surface area contributed by atoms with E-state index in [0.29, 0.717) is 11.3 Å². The van der Waals surface area contributed by atoms with Crippen molar-refractivity contribution in [3.63, 3.8) is 0 Å². The van der Waals surface area contributed by atoms with E-state index in [9.17, 15) is 14.0 Å². The molecule has 26 heavy (non-hydrogen) atoms. The van der Waals surface area contributed by atoms with Gasteiger partial charge in [0.05, 0.1) is 16.8 Å². The molecule has 1 heterocycles. The lowest BCUT2D eigenvalue weighted by Gasteiger charge is -2.23. The van der Waals surface area contributed by atoms with Gasteiger partial charge in [-0.3, -0.25) is 9.59 Å². The van der Waals surface area contributed by atoms with Gasteiger partial charge in [0.15, 0.2) is 0 Å². The minimum atomic E-state index is -0.594. The van der Waals surface area contributed by atoms with Crippen LogP contribution in [0.5, 0.6) is 0 Å². The number of anilines is 1. The molecule has 1 saturated heterocycles. The van der Waals surface area contributed by atoms with Crippen molar-refractivity contribution in [2.75, 3.05) is 16.8 Å². The fourth-order valence-corrected chi connectivity index (χ4v) is 4.04. The van der Waals surface area contributed by atoms with Crippen LogP contribution in [0.15, 0.2) is 42.5 Å². The molecule has 2 N–H and O–H groups in total. The van der Waals surface area contributed by atoms with Crippen LogP contribution in [-0.2, 0) is 0 Å². The smallest absolute Gasteiger partial charge is 0.258 e. The number of thioether (sulfide) groups is 1. The zero-order chi connectivity index (χ0) is 18.5. The molecule has 1 atom stereocenters. The lowest BCUT2D eigenvalue weighted by molar-refractivity contribution is 0.0939. The van der Waals surface area contributed by atoms with Gasteiger partial charge in [-0.05, 0) is 49.3 Å². The molecule has 0 aromatic heterocycles. The molecule has 2 amide bonds. The number of benzene rings is 2. The fraction of sp³-hybridized carbons (Fsp3) is 0.300. The van der Waals surface area contributed by atoms with Gasteiger partial charge in [0.1, 0.15) is 5.82 Å². The largest absolute Gasteiger partial charge is 0.348 e. The van der Waals surface area contributed by atoms with Crippen molar-refractivity contribution < 1.29 is 14.0 Å². The maximum Gasteiger partial charge on any atom is 0.258 e. The average molecular weight is 372 g/mol. The first kappa shape index (κ1) is 18.5. The van der Waals surface area contributed by atoms with E-state index in [1.165, 1.54) is 18.2 Å². The first-order valence-corrected chi connectivity index (χ1v) is 9.76. The Morgan fingerprint density at radius 3 is 2.58 bits per heavy atom. The number of nitrogens with one attached hydrogen (secondary N) is 2. The van der Waals surface area contributed by atoms with Crippen molar-refractivity contribution >= 4 is 29.3 Å². The molecule has 0 bridgehead atoms. The highest BCUT2D eigenvalue weighted by molar-refractivity contribution is 7.99. The molecule has 1 fully saturated rings. The van der Waals surface area contributed by atoms with Crippen LogP contribution in [0.4, 0.5) is 10.1 Å². The lowest BCUT2D eigenvalue weighted by atomic mass is 10.1. The molecule has 136 valence electrons. The molecule has 1 aliphatic heterocycles. The van der Waals surface area contributed by atoms with E-state index in [4.69, 9.17) is 0 Å². The standard InChI is InChI=1S/C20H21FN2O2S/c1-13-6-4-9-16(20(25)22-14-7-5-11-26-12-14)18(13)23-19(24)15-8-2-3-10-17(15)21/h2-4,6,8-10,14H,5,7,11-12H2,1H3,(H,22,25)(H,23,24). The summed E-state index contributed by atoms with van der Waals surface area (Å²) >= 11 is 1.83. The van der Waals surface area contributed by atoms with Crippen molar-refractivity contribution in [3.8, 4) is 0 Å². The summed E-state index contributed by atoms with van der Waals surface area (Å²) in [6, 6.07) is 11.2. The highest BCUT2D eigenvalue weighted by atomic mass is 32.2. The summed E-state index contributed by atoms with van der Waals surface area (Å²) in [5, 5.41) is 5.75. The number of para-hydroxylation sites is 1. The molecule has 6 heteroatoms. The average Bonchev–Trinajstić information content (AvgIpc) is 2.64. The number of carbonyl (C=O) groups is 2. The maximum absolute atomic E-state index is 13.9. The Hall–Kier alpha value is -2.34. The summed E-state index contributed by atoms with van der Waals surface area (Å²) in [6.07, 6.45) is 2.04. The van der Waals surface area contributed by atoms with E-state index >= 15 is 0 Å². The molecular formula is C20H21FN2O2S. The summed E-state index contributed by atoms with van der Waals surface area (Å²) < 4.78 is 13.9. The molecule has 1 aliphatic rings. The summed E-state index contributed by atoms with van der Waals surface area (Å²) in [5.74, 6) is 0.642. The maximum atomic E-state index is 13.9. The Morgan fingerprint density at radius 2 is 1.85 bits per heavy atom. The van der Waals surface area contributed by atoms with Gasteiger partial charge in [0, 0.05) is 11.8 Å². The molecule has 3 rings (SSSR count). The van der Waals surface area contributed by atoms with Crippen LogP contribution in [0.1, 0.15) is 39.1 Å². The van der Waals surface area contributed by atoms with Crippen LogP contribution in [0.3, 0.4) is 0 Å². The van der Waals surface area contributed by atoms with Gasteiger partial charge in [-0.2, -0.15) is 11.8 Å². The van der Waals surface area contributed by atoms with E-state index in [1.54, 1.807) is 18.2 Å². The Balaban J connectivity index is 1.82. The third-order valence-electron chi connectivity index (χ3n) is 4.37. The first-order chi connectivity index (χ1) is 12.6. The predicted octanol–water partition coefficient (Wildman–Crippen LogP) is 4.01. The van der Waals surface area contributed by atoms with Crippen LogP contribution in [-0.4, -0.2) is 29.4 Å². The molecule has 4 nitrogen and oxygen atoms in total. The van der Waals surface area contributed by atoms with E-state index in [0.717, 1.165) is 29.9 Å². The quantitative estimate of drug-likeness (QED) is 0.852. The molecule has 0 saturated carbocycles. The van der Waals surface area contributed by atoms with Gasteiger partial charge in [-0.15, -0.1) is 0 Å². The Kier molecular flexibility index (Phi) is 5.93. The second-order valence-corrected chi connectivity index (χ2v) is 7.47. The summed E-state index contributed by atoms with van der Waals surface area (Å²) in [6.45, 7) is 1.81. The lowest BCUT2D eigenvalue weighted by Crippen LogP contribution is -2.38. The summed E-state index contributed by atoms with van der Waals surface area (Å²) in [7, 11) is 0. The van der Waals surface area contributed by atoms with Crippen LogP contribution < -0.4 is 10.6 Å². The van der Waals surface area contributed by atoms with E-state index in [2.05, 4.69) is 10.6 Å². The Labute approximate surface area is 156 Å². The van der Waals surface area contributed by atoms with Crippen LogP contribution in [0, 0.1) is 12.7 Å². The molecule has 2 aromatic rings. The minimum absolute atomic E-state index is 0.0502. The van der Waals surface area contributed by atoms with E-state index in [1.807, 2.05) is 24.8 Å². The number of amides is 2. The Morgan fingerprint density at radius 1 is 1.08 bits per heavy atom. The van der Waals surface area contributed by atoms with Gasteiger partial charge in [0.2, 0.25) is 0 Å². The fourth-order valence-electron chi connectivity index (χ4n) is 2.97. The SMILES string of the molecule is Cc1cccc(C(=O)NC2CCCSC2)c1NC(=O)c1ccccc1F. The topological polar surface area (TPSA) is 58.2 Å². The minimum Gasteiger partial charge on any atom is -0.348 e. The third kappa shape index (κ3) is 4.25. The molecule has 0 aliphatic carbocycles.